The van der Waals surface area contributed by atoms with Crippen LogP contribution in [0, 0.1) is 0 Å². The van der Waals surface area contributed by atoms with Gasteiger partial charge in [-0.25, -0.2) is 4.79 Å². The van der Waals surface area contributed by atoms with Gasteiger partial charge in [-0.3, -0.25) is 0 Å². The summed E-state index contributed by atoms with van der Waals surface area (Å²) in [6.07, 6.45) is 0. The molecule has 0 aromatic carbocycles. The van der Waals surface area contributed by atoms with E-state index in [0.717, 1.165) is 5.56 Å². The summed E-state index contributed by atoms with van der Waals surface area (Å²) in [4.78, 5) is 13.3. The van der Waals surface area contributed by atoms with Gasteiger partial charge in [0.15, 0.2) is 0 Å². The molecular formula is C11H10ClNO2S. The van der Waals surface area contributed by atoms with E-state index in [-0.39, 0.29) is 5.02 Å². The van der Waals surface area contributed by atoms with E-state index in [4.69, 9.17) is 16.0 Å². The zero-order valence-corrected chi connectivity index (χ0v) is 10.4. The maximum absolute atomic E-state index is 11.5. The first-order valence-corrected chi connectivity index (χ1v) is 5.95. The molecule has 2 heterocycles. The third-order valence-corrected chi connectivity index (χ3v) is 3.19. The predicted octanol–water partition coefficient (Wildman–Crippen LogP) is 3.09. The van der Waals surface area contributed by atoms with E-state index in [9.17, 15) is 4.79 Å². The highest BCUT2D eigenvalue weighted by Gasteiger charge is 2.12. The van der Waals surface area contributed by atoms with Gasteiger partial charge in [-0.2, -0.15) is 11.3 Å². The van der Waals surface area contributed by atoms with Crippen molar-refractivity contribution in [2.45, 2.75) is 0 Å². The summed E-state index contributed by atoms with van der Waals surface area (Å²) < 4.78 is 5.14. The molecule has 0 aliphatic carbocycles. The molecule has 2 aromatic rings. The minimum absolute atomic E-state index is 0.115. The van der Waals surface area contributed by atoms with Crippen LogP contribution < -0.4 is 10.5 Å². The lowest BCUT2D eigenvalue weighted by Crippen LogP contribution is -2.13. The largest absolute Gasteiger partial charge is 0.421 e. The molecule has 2 rings (SSSR count). The van der Waals surface area contributed by atoms with Crippen LogP contribution in [0.3, 0.4) is 0 Å². The molecule has 0 aliphatic heterocycles. The molecule has 0 radical (unpaired) electrons. The summed E-state index contributed by atoms with van der Waals surface area (Å²) in [6.45, 7) is 0. The quantitative estimate of drug-likeness (QED) is 0.827. The van der Waals surface area contributed by atoms with Gasteiger partial charge >= 0.3 is 5.63 Å². The zero-order valence-electron chi connectivity index (χ0n) is 8.86. The van der Waals surface area contributed by atoms with Gasteiger partial charge in [0.05, 0.1) is 5.69 Å². The van der Waals surface area contributed by atoms with Crippen molar-refractivity contribution in [1.29, 1.82) is 0 Å². The van der Waals surface area contributed by atoms with Crippen LogP contribution >= 0.6 is 22.9 Å². The molecule has 0 saturated heterocycles. The third-order valence-electron chi connectivity index (χ3n) is 2.16. The highest BCUT2D eigenvalue weighted by Crippen LogP contribution is 2.28. The standard InChI is InChI=1S/C11H10ClNO2S/c1-13(2)8-5-9(7-3-4-16-6-7)15-11(14)10(8)12/h3-6H,1-2H3. The maximum Gasteiger partial charge on any atom is 0.357 e. The molecule has 0 N–H and O–H groups in total. The fraction of sp³-hybridized carbons (Fsp3) is 0.182. The van der Waals surface area contributed by atoms with Gasteiger partial charge in [0.25, 0.3) is 0 Å². The monoisotopic (exact) mass is 255 g/mol. The van der Waals surface area contributed by atoms with Crippen LogP contribution in [0.15, 0.2) is 32.1 Å². The number of hydrogen-bond acceptors (Lipinski definition) is 4. The number of halogens is 1. The van der Waals surface area contributed by atoms with Crippen LogP contribution in [-0.4, -0.2) is 14.1 Å². The Morgan fingerprint density at radius 1 is 1.44 bits per heavy atom. The molecule has 2 aromatic heterocycles. The normalized spacial score (nSPS) is 10.4. The number of rotatable bonds is 2. The summed E-state index contributed by atoms with van der Waals surface area (Å²) in [7, 11) is 3.66. The SMILES string of the molecule is CN(C)c1cc(-c2ccsc2)oc(=O)c1Cl. The molecular weight excluding hydrogens is 246 g/mol. The van der Waals surface area contributed by atoms with Crippen LogP contribution in [0.2, 0.25) is 5.02 Å². The third kappa shape index (κ3) is 1.99. The summed E-state index contributed by atoms with van der Waals surface area (Å²) in [6, 6.07) is 3.67. The minimum atomic E-state index is -0.505. The lowest BCUT2D eigenvalue weighted by atomic mass is 10.2. The first-order chi connectivity index (χ1) is 7.59. The van der Waals surface area contributed by atoms with E-state index in [0.29, 0.717) is 11.4 Å². The second-order valence-electron chi connectivity index (χ2n) is 3.50. The fourth-order valence-electron chi connectivity index (χ4n) is 1.34. The van der Waals surface area contributed by atoms with Crippen molar-refractivity contribution in [3.63, 3.8) is 0 Å². The van der Waals surface area contributed by atoms with Crippen LogP contribution in [0.4, 0.5) is 5.69 Å². The maximum atomic E-state index is 11.5. The van der Waals surface area contributed by atoms with Crippen molar-refractivity contribution in [2.75, 3.05) is 19.0 Å². The minimum Gasteiger partial charge on any atom is -0.421 e. The summed E-state index contributed by atoms with van der Waals surface area (Å²) >= 11 is 7.43. The van der Waals surface area contributed by atoms with Gasteiger partial charge in [0, 0.05) is 31.1 Å². The molecule has 5 heteroatoms. The molecule has 3 nitrogen and oxygen atoms in total. The molecule has 0 saturated carbocycles. The second-order valence-corrected chi connectivity index (χ2v) is 4.66. The smallest absolute Gasteiger partial charge is 0.357 e. The predicted molar refractivity (Wildman–Crippen MR) is 67.6 cm³/mol. The molecule has 84 valence electrons. The van der Waals surface area contributed by atoms with Crippen molar-refractivity contribution in [2.24, 2.45) is 0 Å². The Hall–Kier alpha value is -1.26. The highest BCUT2D eigenvalue weighted by molar-refractivity contribution is 7.08. The molecule has 0 aliphatic rings. The summed E-state index contributed by atoms with van der Waals surface area (Å²) in [5.74, 6) is 0.541. The van der Waals surface area contributed by atoms with Crippen molar-refractivity contribution in [3.8, 4) is 11.3 Å². The van der Waals surface area contributed by atoms with E-state index < -0.39 is 5.63 Å². The van der Waals surface area contributed by atoms with Crippen molar-refractivity contribution in [1.82, 2.24) is 0 Å². The van der Waals surface area contributed by atoms with E-state index in [1.807, 2.05) is 30.9 Å². The Morgan fingerprint density at radius 2 is 2.19 bits per heavy atom. The van der Waals surface area contributed by atoms with Gasteiger partial charge in [0.2, 0.25) is 0 Å². The highest BCUT2D eigenvalue weighted by atomic mass is 35.5. The summed E-state index contributed by atoms with van der Waals surface area (Å²) in [5.41, 5.74) is 1.05. The molecule has 0 fully saturated rings. The Morgan fingerprint density at radius 3 is 2.75 bits per heavy atom. The van der Waals surface area contributed by atoms with E-state index in [2.05, 4.69) is 0 Å². The van der Waals surface area contributed by atoms with Crippen LogP contribution in [-0.2, 0) is 0 Å². The van der Waals surface area contributed by atoms with E-state index in [1.54, 1.807) is 22.3 Å². The van der Waals surface area contributed by atoms with Crippen LogP contribution in [0.1, 0.15) is 0 Å². The van der Waals surface area contributed by atoms with E-state index >= 15 is 0 Å². The van der Waals surface area contributed by atoms with Crippen molar-refractivity contribution in [3.05, 3.63) is 38.3 Å². The van der Waals surface area contributed by atoms with Gasteiger partial charge in [-0.1, -0.05) is 11.6 Å². The van der Waals surface area contributed by atoms with Crippen LogP contribution in [0.25, 0.3) is 11.3 Å². The first kappa shape index (κ1) is 11.2. The average molecular weight is 256 g/mol. The Labute approximate surface area is 102 Å². The number of thiophene rings is 1. The number of anilines is 1. The molecule has 0 atom stereocenters. The molecule has 0 unspecified atom stereocenters. The molecule has 0 bridgehead atoms. The molecule has 16 heavy (non-hydrogen) atoms. The van der Waals surface area contributed by atoms with E-state index in [1.165, 1.54) is 0 Å². The lowest BCUT2D eigenvalue weighted by molar-refractivity contribution is 0.526. The fourth-order valence-corrected chi connectivity index (χ4v) is 2.25. The van der Waals surface area contributed by atoms with Gasteiger partial charge in [-0.15, -0.1) is 0 Å². The molecule has 0 spiro atoms. The average Bonchev–Trinajstić information content (AvgIpc) is 2.74. The second kappa shape index (κ2) is 4.31. The van der Waals surface area contributed by atoms with Gasteiger partial charge in [0.1, 0.15) is 10.8 Å². The number of hydrogen-bond donors (Lipinski definition) is 0. The van der Waals surface area contributed by atoms with Crippen LogP contribution in [0.5, 0.6) is 0 Å². The zero-order chi connectivity index (χ0) is 11.7. The van der Waals surface area contributed by atoms with Gasteiger partial charge in [-0.05, 0) is 11.4 Å². The summed E-state index contributed by atoms with van der Waals surface area (Å²) in [5, 5.41) is 3.97. The Kier molecular flexibility index (Phi) is 3.03. The lowest BCUT2D eigenvalue weighted by Gasteiger charge is -2.13. The van der Waals surface area contributed by atoms with Crippen molar-refractivity contribution >= 4 is 28.6 Å². The van der Waals surface area contributed by atoms with Gasteiger partial charge < -0.3 is 9.32 Å². The Bertz CT molecular complexity index is 546. The number of nitrogens with zero attached hydrogens (tertiary/aromatic N) is 1. The van der Waals surface area contributed by atoms with Crippen molar-refractivity contribution < 1.29 is 4.42 Å². The molecule has 0 amide bonds. The topological polar surface area (TPSA) is 33.5 Å². The first-order valence-electron chi connectivity index (χ1n) is 4.63. The Balaban J connectivity index is 2.62.